The van der Waals surface area contributed by atoms with Crippen LogP contribution in [-0.2, 0) is 9.53 Å². The molecule has 0 radical (unpaired) electrons. The van der Waals surface area contributed by atoms with Crippen LogP contribution < -0.4 is 4.90 Å². The van der Waals surface area contributed by atoms with Gasteiger partial charge in [-0.15, -0.1) is 0 Å². The van der Waals surface area contributed by atoms with Crippen molar-refractivity contribution in [2.75, 3.05) is 12.0 Å². The van der Waals surface area contributed by atoms with E-state index in [-0.39, 0.29) is 23.5 Å². The van der Waals surface area contributed by atoms with Crippen LogP contribution in [0.15, 0.2) is 24.3 Å². The Morgan fingerprint density at radius 1 is 1.23 bits per heavy atom. The van der Waals surface area contributed by atoms with Crippen LogP contribution in [0.3, 0.4) is 0 Å². The zero-order chi connectivity index (χ0) is 16.7. The molecule has 0 spiro atoms. The maximum absolute atomic E-state index is 12.5. The molecule has 3 nitrogen and oxygen atoms in total. The van der Waals surface area contributed by atoms with Crippen molar-refractivity contribution in [3.05, 3.63) is 35.4 Å². The second-order valence-corrected chi connectivity index (χ2v) is 7.03. The molecular formula is C19H27NO2. The standard InChI is InChI=1S/C19H27NO2/c1-12(2)16(18(21)22-7)20-17-13(3)9-8-10-15(17)14(4)11-19(20,5)6/h8-12,16H,1-7H3/t16-/m0/s1. The van der Waals surface area contributed by atoms with Crippen LogP contribution in [0.5, 0.6) is 0 Å². The lowest BCUT2D eigenvalue weighted by molar-refractivity contribution is -0.143. The minimum absolute atomic E-state index is 0.158. The van der Waals surface area contributed by atoms with E-state index in [0.29, 0.717) is 0 Å². The Kier molecular flexibility index (Phi) is 4.37. The molecule has 0 saturated carbocycles. The van der Waals surface area contributed by atoms with Crippen molar-refractivity contribution in [3.8, 4) is 0 Å². The summed E-state index contributed by atoms with van der Waals surface area (Å²) in [7, 11) is 1.47. The Hall–Kier alpha value is -1.77. The van der Waals surface area contributed by atoms with E-state index in [2.05, 4.69) is 70.7 Å². The first-order chi connectivity index (χ1) is 10.2. The number of aryl methyl sites for hydroxylation is 1. The zero-order valence-electron chi connectivity index (χ0n) is 14.7. The summed E-state index contributed by atoms with van der Waals surface area (Å²) in [5.74, 6) is -0.0174. The lowest BCUT2D eigenvalue weighted by atomic mass is 9.84. The molecule has 0 amide bonds. The number of ether oxygens (including phenoxy) is 1. The predicted molar refractivity (Wildman–Crippen MR) is 92.0 cm³/mol. The number of nitrogens with zero attached hydrogens (tertiary/aromatic N) is 1. The Labute approximate surface area is 134 Å². The molecule has 0 aliphatic carbocycles. The average Bonchev–Trinajstić information content (AvgIpc) is 2.42. The largest absolute Gasteiger partial charge is 0.467 e. The van der Waals surface area contributed by atoms with Gasteiger partial charge in [-0.2, -0.15) is 0 Å². The molecule has 0 N–H and O–H groups in total. The molecule has 1 heterocycles. The number of hydrogen-bond donors (Lipinski definition) is 0. The fourth-order valence-electron chi connectivity index (χ4n) is 3.56. The van der Waals surface area contributed by atoms with Crippen LogP contribution in [0.2, 0.25) is 0 Å². The molecule has 120 valence electrons. The first-order valence-electron chi connectivity index (χ1n) is 7.87. The SMILES string of the molecule is COC(=O)[C@H](C(C)C)N1c2c(C)cccc2C(C)=CC1(C)C. The van der Waals surface area contributed by atoms with E-state index in [1.54, 1.807) is 0 Å². The molecule has 1 aromatic carbocycles. The minimum atomic E-state index is -0.302. The second-order valence-electron chi connectivity index (χ2n) is 7.03. The maximum atomic E-state index is 12.5. The molecular weight excluding hydrogens is 274 g/mol. The van der Waals surface area contributed by atoms with E-state index in [1.807, 2.05) is 0 Å². The molecule has 2 rings (SSSR count). The van der Waals surface area contributed by atoms with Crippen molar-refractivity contribution in [3.63, 3.8) is 0 Å². The van der Waals surface area contributed by atoms with Crippen LogP contribution in [0.1, 0.15) is 45.7 Å². The van der Waals surface area contributed by atoms with Crippen molar-refractivity contribution in [1.29, 1.82) is 0 Å². The van der Waals surface area contributed by atoms with Crippen molar-refractivity contribution in [2.45, 2.75) is 53.1 Å². The molecule has 1 atom stereocenters. The third kappa shape index (κ3) is 2.65. The molecule has 0 unspecified atom stereocenters. The highest BCUT2D eigenvalue weighted by Crippen LogP contribution is 2.43. The van der Waals surface area contributed by atoms with E-state index < -0.39 is 0 Å². The average molecular weight is 301 g/mol. The molecule has 0 aromatic heterocycles. The summed E-state index contributed by atoms with van der Waals surface area (Å²) in [4.78, 5) is 14.7. The number of rotatable bonds is 3. The van der Waals surface area contributed by atoms with Gasteiger partial charge in [0.15, 0.2) is 0 Å². The third-order valence-electron chi connectivity index (χ3n) is 4.45. The number of fused-ring (bicyclic) bond motifs is 1. The lowest BCUT2D eigenvalue weighted by Gasteiger charge is -2.48. The van der Waals surface area contributed by atoms with Crippen LogP contribution >= 0.6 is 0 Å². The normalized spacial score (nSPS) is 17.8. The minimum Gasteiger partial charge on any atom is -0.467 e. The quantitative estimate of drug-likeness (QED) is 0.784. The number of anilines is 1. The molecule has 1 aromatic rings. The number of carbonyl (C=O) groups is 1. The van der Waals surface area contributed by atoms with E-state index in [1.165, 1.54) is 23.8 Å². The number of benzene rings is 1. The monoisotopic (exact) mass is 301 g/mol. The Bertz CT molecular complexity index is 614. The van der Waals surface area contributed by atoms with Gasteiger partial charge in [0.25, 0.3) is 0 Å². The van der Waals surface area contributed by atoms with Gasteiger partial charge in [0.05, 0.1) is 12.6 Å². The van der Waals surface area contributed by atoms with Crippen molar-refractivity contribution < 1.29 is 9.53 Å². The molecule has 22 heavy (non-hydrogen) atoms. The number of para-hydroxylation sites is 1. The van der Waals surface area contributed by atoms with Crippen LogP contribution in [0, 0.1) is 12.8 Å². The van der Waals surface area contributed by atoms with Crippen LogP contribution in [0.25, 0.3) is 5.57 Å². The zero-order valence-corrected chi connectivity index (χ0v) is 14.7. The molecule has 0 saturated heterocycles. The summed E-state index contributed by atoms with van der Waals surface area (Å²) in [5, 5.41) is 0. The predicted octanol–water partition coefficient (Wildman–Crippen LogP) is 4.19. The van der Waals surface area contributed by atoms with Crippen molar-refractivity contribution in [1.82, 2.24) is 0 Å². The van der Waals surface area contributed by atoms with Crippen LogP contribution in [0.4, 0.5) is 5.69 Å². The van der Waals surface area contributed by atoms with Gasteiger partial charge in [0.1, 0.15) is 6.04 Å². The lowest BCUT2D eigenvalue weighted by Crippen LogP contribution is -2.56. The summed E-state index contributed by atoms with van der Waals surface area (Å²) in [6.07, 6.45) is 2.24. The smallest absolute Gasteiger partial charge is 0.328 e. The first kappa shape index (κ1) is 16.6. The van der Waals surface area contributed by atoms with Gasteiger partial charge in [-0.1, -0.05) is 38.1 Å². The molecule has 0 fully saturated rings. The highest BCUT2D eigenvalue weighted by molar-refractivity contribution is 5.88. The van der Waals surface area contributed by atoms with Gasteiger partial charge in [-0.3, -0.25) is 0 Å². The summed E-state index contributed by atoms with van der Waals surface area (Å²) >= 11 is 0. The summed E-state index contributed by atoms with van der Waals surface area (Å²) in [5.41, 5.74) is 4.55. The van der Waals surface area contributed by atoms with E-state index >= 15 is 0 Å². The summed E-state index contributed by atoms with van der Waals surface area (Å²) in [6.45, 7) is 12.7. The summed E-state index contributed by atoms with van der Waals surface area (Å²) in [6, 6.07) is 6.01. The van der Waals surface area contributed by atoms with Crippen molar-refractivity contribution >= 4 is 17.2 Å². The molecule has 0 bridgehead atoms. The van der Waals surface area contributed by atoms with Gasteiger partial charge < -0.3 is 9.64 Å². The molecule has 1 aliphatic rings. The Morgan fingerprint density at radius 3 is 2.41 bits per heavy atom. The highest BCUT2D eigenvalue weighted by Gasteiger charge is 2.41. The Balaban J connectivity index is 2.71. The van der Waals surface area contributed by atoms with Crippen LogP contribution in [-0.4, -0.2) is 24.7 Å². The molecule has 1 aliphatic heterocycles. The number of hydrogen-bond acceptors (Lipinski definition) is 3. The van der Waals surface area contributed by atoms with Gasteiger partial charge >= 0.3 is 5.97 Å². The highest BCUT2D eigenvalue weighted by atomic mass is 16.5. The Morgan fingerprint density at radius 2 is 1.86 bits per heavy atom. The van der Waals surface area contributed by atoms with E-state index in [4.69, 9.17) is 4.74 Å². The number of esters is 1. The third-order valence-corrected chi connectivity index (χ3v) is 4.45. The van der Waals surface area contributed by atoms with Crippen molar-refractivity contribution in [2.24, 2.45) is 5.92 Å². The molecule has 3 heteroatoms. The summed E-state index contributed by atoms with van der Waals surface area (Å²) < 4.78 is 5.10. The number of allylic oxidation sites excluding steroid dienone is 1. The van der Waals surface area contributed by atoms with Gasteiger partial charge in [-0.05, 0) is 44.7 Å². The first-order valence-corrected chi connectivity index (χ1v) is 7.87. The van der Waals surface area contributed by atoms with E-state index in [0.717, 1.165) is 5.69 Å². The fraction of sp³-hybridized carbons (Fsp3) is 0.526. The number of methoxy groups -OCH3 is 1. The number of carbonyl (C=O) groups excluding carboxylic acids is 1. The van der Waals surface area contributed by atoms with E-state index in [9.17, 15) is 4.79 Å². The van der Waals surface area contributed by atoms with Gasteiger partial charge in [0, 0.05) is 11.3 Å². The topological polar surface area (TPSA) is 29.5 Å². The fourth-order valence-corrected chi connectivity index (χ4v) is 3.56. The maximum Gasteiger partial charge on any atom is 0.328 e. The van der Waals surface area contributed by atoms with Gasteiger partial charge in [-0.25, -0.2) is 4.79 Å². The second kappa shape index (κ2) is 5.79. The van der Waals surface area contributed by atoms with Gasteiger partial charge in [0.2, 0.25) is 0 Å².